The van der Waals surface area contributed by atoms with E-state index in [0.29, 0.717) is 19.4 Å². The van der Waals surface area contributed by atoms with Crippen LogP contribution in [0.3, 0.4) is 0 Å². The summed E-state index contributed by atoms with van der Waals surface area (Å²) in [5.41, 5.74) is 0. The number of ether oxygens (including phenoxy) is 1. The maximum Gasteiger partial charge on any atom is 0.411 e. The maximum atomic E-state index is 12.1. The van der Waals surface area contributed by atoms with Crippen LogP contribution in [-0.2, 0) is 11.3 Å². The van der Waals surface area contributed by atoms with Crippen LogP contribution in [0.25, 0.3) is 0 Å². The van der Waals surface area contributed by atoms with E-state index >= 15 is 0 Å². The average Bonchev–Trinajstić information content (AvgIpc) is 2.80. The molecule has 0 amide bonds. The summed E-state index contributed by atoms with van der Waals surface area (Å²) < 4.78 is 46.8. The molecular formula is C14H20F3NO2. The average molecular weight is 291 g/mol. The second kappa shape index (κ2) is 6.63. The standard InChI is InChI=1S/C14H20F3NO2/c1-10-5-6-13(20-10)8-18-11-3-2-4-12(7-11)19-9-14(15,16)17/h5-6,11-12,18H,2-4,7-9H2,1H3. The number of hydrogen-bond acceptors (Lipinski definition) is 3. The zero-order valence-corrected chi connectivity index (χ0v) is 11.5. The van der Waals surface area contributed by atoms with E-state index in [1.54, 1.807) is 0 Å². The fraction of sp³-hybridized carbons (Fsp3) is 0.714. The lowest BCUT2D eigenvalue weighted by Crippen LogP contribution is -2.37. The Labute approximate surface area is 116 Å². The third-order valence-corrected chi connectivity index (χ3v) is 3.47. The number of alkyl halides is 3. The normalized spacial score (nSPS) is 24.0. The first-order valence-electron chi connectivity index (χ1n) is 6.89. The number of nitrogens with one attached hydrogen (secondary N) is 1. The van der Waals surface area contributed by atoms with Gasteiger partial charge < -0.3 is 14.5 Å². The van der Waals surface area contributed by atoms with Crippen LogP contribution >= 0.6 is 0 Å². The van der Waals surface area contributed by atoms with E-state index < -0.39 is 12.8 Å². The van der Waals surface area contributed by atoms with Crippen LogP contribution in [0.2, 0.25) is 0 Å². The van der Waals surface area contributed by atoms with Crippen LogP contribution in [0, 0.1) is 6.92 Å². The molecule has 0 aliphatic heterocycles. The van der Waals surface area contributed by atoms with Gasteiger partial charge in [0, 0.05) is 6.04 Å². The second-order valence-corrected chi connectivity index (χ2v) is 5.30. The Balaban J connectivity index is 1.73. The van der Waals surface area contributed by atoms with E-state index in [0.717, 1.165) is 24.4 Å². The van der Waals surface area contributed by atoms with Gasteiger partial charge in [0.1, 0.15) is 18.1 Å². The molecule has 1 saturated carbocycles. The summed E-state index contributed by atoms with van der Waals surface area (Å²) in [6, 6.07) is 3.99. The van der Waals surface area contributed by atoms with Gasteiger partial charge >= 0.3 is 6.18 Å². The minimum atomic E-state index is -4.24. The molecule has 2 atom stereocenters. The molecule has 20 heavy (non-hydrogen) atoms. The quantitative estimate of drug-likeness (QED) is 0.900. The molecule has 0 radical (unpaired) electrons. The molecule has 0 spiro atoms. The molecular weight excluding hydrogens is 271 g/mol. The largest absolute Gasteiger partial charge is 0.465 e. The van der Waals surface area contributed by atoms with Crippen molar-refractivity contribution in [3.63, 3.8) is 0 Å². The molecule has 6 heteroatoms. The van der Waals surface area contributed by atoms with Gasteiger partial charge in [0.25, 0.3) is 0 Å². The Morgan fingerprint density at radius 2 is 2.15 bits per heavy atom. The van der Waals surface area contributed by atoms with Gasteiger partial charge in [0.2, 0.25) is 0 Å². The molecule has 1 N–H and O–H groups in total. The summed E-state index contributed by atoms with van der Waals surface area (Å²) in [6.45, 7) is 1.33. The summed E-state index contributed by atoms with van der Waals surface area (Å²) in [6.07, 6.45) is -1.37. The van der Waals surface area contributed by atoms with Crippen LogP contribution in [0.15, 0.2) is 16.5 Å². The van der Waals surface area contributed by atoms with Crippen molar-refractivity contribution in [2.75, 3.05) is 6.61 Å². The number of rotatable bonds is 5. The Bertz CT molecular complexity index is 417. The summed E-state index contributed by atoms with van der Waals surface area (Å²) in [5.74, 6) is 1.71. The van der Waals surface area contributed by atoms with Crippen molar-refractivity contribution in [2.45, 2.75) is 57.5 Å². The summed E-state index contributed by atoms with van der Waals surface area (Å²) in [5, 5.41) is 3.32. The Hall–Kier alpha value is -1.01. The molecule has 2 rings (SSSR count). The molecule has 3 nitrogen and oxygen atoms in total. The van der Waals surface area contributed by atoms with Crippen molar-refractivity contribution < 1.29 is 22.3 Å². The Morgan fingerprint density at radius 1 is 1.35 bits per heavy atom. The van der Waals surface area contributed by atoms with Gasteiger partial charge in [0.05, 0.1) is 12.6 Å². The Morgan fingerprint density at radius 3 is 2.80 bits per heavy atom. The lowest BCUT2D eigenvalue weighted by atomic mass is 9.93. The molecule has 1 fully saturated rings. The van der Waals surface area contributed by atoms with Crippen molar-refractivity contribution in [3.8, 4) is 0 Å². The molecule has 0 aromatic carbocycles. The van der Waals surface area contributed by atoms with Crippen molar-refractivity contribution >= 4 is 0 Å². The number of halogens is 3. The molecule has 1 aromatic heterocycles. The van der Waals surface area contributed by atoms with Gasteiger partial charge in [-0.15, -0.1) is 0 Å². The van der Waals surface area contributed by atoms with E-state index in [1.165, 1.54) is 0 Å². The highest BCUT2D eigenvalue weighted by Crippen LogP contribution is 2.24. The highest BCUT2D eigenvalue weighted by atomic mass is 19.4. The van der Waals surface area contributed by atoms with Crippen LogP contribution in [0.1, 0.15) is 37.2 Å². The minimum Gasteiger partial charge on any atom is -0.465 e. The molecule has 1 aliphatic carbocycles. The van der Waals surface area contributed by atoms with Crippen LogP contribution in [-0.4, -0.2) is 24.9 Å². The predicted molar refractivity (Wildman–Crippen MR) is 68.3 cm³/mol. The lowest BCUT2D eigenvalue weighted by molar-refractivity contribution is -0.188. The third-order valence-electron chi connectivity index (χ3n) is 3.47. The topological polar surface area (TPSA) is 34.4 Å². The van der Waals surface area contributed by atoms with Gasteiger partial charge in [-0.25, -0.2) is 0 Å². The molecule has 0 saturated heterocycles. The highest BCUT2D eigenvalue weighted by Gasteiger charge is 2.31. The van der Waals surface area contributed by atoms with Gasteiger partial charge in [0.15, 0.2) is 0 Å². The maximum absolute atomic E-state index is 12.1. The fourth-order valence-corrected chi connectivity index (χ4v) is 2.52. The molecule has 2 unspecified atom stereocenters. The lowest BCUT2D eigenvalue weighted by Gasteiger charge is -2.30. The van der Waals surface area contributed by atoms with Crippen LogP contribution in [0.4, 0.5) is 13.2 Å². The summed E-state index contributed by atoms with van der Waals surface area (Å²) in [4.78, 5) is 0. The zero-order valence-electron chi connectivity index (χ0n) is 11.5. The van der Waals surface area contributed by atoms with Crippen molar-refractivity contribution in [2.24, 2.45) is 0 Å². The summed E-state index contributed by atoms with van der Waals surface area (Å²) >= 11 is 0. The monoisotopic (exact) mass is 291 g/mol. The van der Waals surface area contributed by atoms with Crippen LogP contribution < -0.4 is 5.32 Å². The first kappa shape index (κ1) is 15.4. The highest BCUT2D eigenvalue weighted by molar-refractivity contribution is 5.05. The first-order chi connectivity index (χ1) is 9.42. The molecule has 0 bridgehead atoms. The van der Waals surface area contributed by atoms with Gasteiger partial charge in [-0.1, -0.05) is 0 Å². The second-order valence-electron chi connectivity index (χ2n) is 5.30. The van der Waals surface area contributed by atoms with Crippen molar-refractivity contribution in [1.82, 2.24) is 5.32 Å². The SMILES string of the molecule is Cc1ccc(CNC2CCCC(OCC(F)(F)F)C2)o1. The molecule has 1 heterocycles. The predicted octanol–water partition coefficient (Wildman–Crippen LogP) is 3.57. The Kier molecular flexibility index (Phi) is 5.10. The number of furan rings is 1. The zero-order chi connectivity index (χ0) is 14.6. The molecule has 1 aromatic rings. The summed E-state index contributed by atoms with van der Waals surface area (Å²) in [7, 11) is 0. The van der Waals surface area contributed by atoms with Gasteiger partial charge in [-0.2, -0.15) is 13.2 Å². The van der Waals surface area contributed by atoms with Crippen molar-refractivity contribution in [3.05, 3.63) is 23.7 Å². The molecule has 114 valence electrons. The number of hydrogen-bond donors (Lipinski definition) is 1. The van der Waals surface area contributed by atoms with E-state index in [-0.39, 0.29) is 12.1 Å². The fourth-order valence-electron chi connectivity index (χ4n) is 2.52. The minimum absolute atomic E-state index is 0.187. The van der Waals surface area contributed by atoms with E-state index in [2.05, 4.69) is 5.32 Å². The van der Waals surface area contributed by atoms with Gasteiger partial charge in [-0.05, 0) is 44.7 Å². The van der Waals surface area contributed by atoms with Crippen molar-refractivity contribution in [1.29, 1.82) is 0 Å². The third kappa shape index (κ3) is 5.17. The van der Waals surface area contributed by atoms with Crippen LogP contribution in [0.5, 0.6) is 0 Å². The van der Waals surface area contributed by atoms with E-state index in [4.69, 9.17) is 9.15 Å². The van der Waals surface area contributed by atoms with Gasteiger partial charge in [-0.3, -0.25) is 0 Å². The van der Waals surface area contributed by atoms with E-state index in [1.807, 2.05) is 19.1 Å². The van der Waals surface area contributed by atoms with E-state index in [9.17, 15) is 13.2 Å². The first-order valence-corrected chi connectivity index (χ1v) is 6.89. The number of aryl methyl sites for hydroxylation is 1. The smallest absolute Gasteiger partial charge is 0.411 e. The molecule has 1 aliphatic rings.